The van der Waals surface area contributed by atoms with Gasteiger partial charge in [0.25, 0.3) is 0 Å². The SMILES string of the molecule is CCOCCCNC(=O)Cc1cc(OC)c(OC)c(OC)c1. The summed E-state index contributed by atoms with van der Waals surface area (Å²) in [5, 5.41) is 2.86. The maximum Gasteiger partial charge on any atom is 0.224 e. The molecule has 1 rings (SSSR count). The fourth-order valence-corrected chi connectivity index (χ4v) is 2.03. The van der Waals surface area contributed by atoms with Gasteiger partial charge in [-0.2, -0.15) is 0 Å². The number of amides is 1. The Bertz CT molecular complexity index is 451. The number of carbonyl (C=O) groups is 1. The van der Waals surface area contributed by atoms with Crippen LogP contribution >= 0.6 is 0 Å². The first kappa shape index (κ1) is 18.1. The molecule has 1 aromatic rings. The van der Waals surface area contributed by atoms with Gasteiger partial charge in [-0.15, -0.1) is 0 Å². The largest absolute Gasteiger partial charge is 0.493 e. The number of benzene rings is 1. The smallest absolute Gasteiger partial charge is 0.224 e. The number of hydrogen-bond donors (Lipinski definition) is 1. The fourth-order valence-electron chi connectivity index (χ4n) is 2.03. The van der Waals surface area contributed by atoms with Crippen LogP contribution in [-0.4, -0.2) is 47.0 Å². The van der Waals surface area contributed by atoms with Crippen molar-refractivity contribution in [3.05, 3.63) is 17.7 Å². The van der Waals surface area contributed by atoms with Gasteiger partial charge in [0, 0.05) is 19.8 Å². The van der Waals surface area contributed by atoms with Crippen LogP contribution in [0.5, 0.6) is 17.2 Å². The summed E-state index contributed by atoms with van der Waals surface area (Å²) >= 11 is 0. The molecule has 0 unspecified atom stereocenters. The lowest BCUT2D eigenvalue weighted by atomic mass is 10.1. The molecule has 0 heterocycles. The monoisotopic (exact) mass is 311 g/mol. The molecule has 0 saturated heterocycles. The summed E-state index contributed by atoms with van der Waals surface area (Å²) in [6, 6.07) is 3.56. The second kappa shape index (κ2) is 9.89. The molecule has 0 fully saturated rings. The van der Waals surface area contributed by atoms with E-state index >= 15 is 0 Å². The molecule has 0 bridgehead atoms. The highest BCUT2D eigenvalue weighted by Gasteiger charge is 2.14. The van der Waals surface area contributed by atoms with Gasteiger partial charge >= 0.3 is 0 Å². The minimum absolute atomic E-state index is 0.0502. The van der Waals surface area contributed by atoms with E-state index in [1.165, 1.54) is 0 Å². The number of nitrogens with one attached hydrogen (secondary N) is 1. The number of methoxy groups -OCH3 is 3. The van der Waals surface area contributed by atoms with E-state index in [0.29, 0.717) is 37.0 Å². The van der Waals surface area contributed by atoms with Crippen molar-refractivity contribution in [2.24, 2.45) is 0 Å². The Morgan fingerprint density at radius 2 is 1.73 bits per heavy atom. The van der Waals surface area contributed by atoms with Gasteiger partial charge in [0.1, 0.15) is 0 Å². The van der Waals surface area contributed by atoms with Gasteiger partial charge in [0.2, 0.25) is 11.7 Å². The van der Waals surface area contributed by atoms with Crippen LogP contribution < -0.4 is 19.5 Å². The molecular formula is C16H25NO5. The molecule has 0 saturated carbocycles. The van der Waals surface area contributed by atoms with Gasteiger partial charge in [-0.3, -0.25) is 4.79 Å². The van der Waals surface area contributed by atoms with Gasteiger partial charge in [0.05, 0.1) is 27.8 Å². The molecule has 0 aliphatic carbocycles. The van der Waals surface area contributed by atoms with Gasteiger partial charge in [-0.05, 0) is 31.0 Å². The molecule has 0 aliphatic heterocycles. The molecule has 0 atom stereocenters. The molecule has 0 aromatic heterocycles. The molecule has 6 heteroatoms. The van der Waals surface area contributed by atoms with E-state index in [1.807, 2.05) is 6.92 Å². The second-order valence-corrected chi connectivity index (χ2v) is 4.61. The summed E-state index contributed by atoms with van der Waals surface area (Å²) in [5.74, 6) is 1.55. The zero-order valence-electron chi connectivity index (χ0n) is 13.7. The van der Waals surface area contributed by atoms with Gasteiger partial charge in [-0.1, -0.05) is 0 Å². The number of ether oxygens (including phenoxy) is 4. The van der Waals surface area contributed by atoms with E-state index in [-0.39, 0.29) is 12.3 Å². The Morgan fingerprint density at radius 1 is 1.09 bits per heavy atom. The van der Waals surface area contributed by atoms with Crippen molar-refractivity contribution >= 4 is 5.91 Å². The first-order valence-electron chi connectivity index (χ1n) is 7.29. The molecule has 0 radical (unpaired) electrons. The van der Waals surface area contributed by atoms with Crippen molar-refractivity contribution in [2.75, 3.05) is 41.1 Å². The average molecular weight is 311 g/mol. The molecule has 22 heavy (non-hydrogen) atoms. The van der Waals surface area contributed by atoms with Crippen LogP contribution in [0, 0.1) is 0 Å². The molecule has 1 aromatic carbocycles. The molecule has 1 amide bonds. The minimum Gasteiger partial charge on any atom is -0.493 e. The molecule has 0 aliphatic rings. The highest BCUT2D eigenvalue weighted by Crippen LogP contribution is 2.38. The van der Waals surface area contributed by atoms with E-state index in [2.05, 4.69) is 5.32 Å². The quantitative estimate of drug-likeness (QED) is 0.667. The first-order chi connectivity index (χ1) is 10.7. The van der Waals surface area contributed by atoms with Gasteiger partial charge < -0.3 is 24.3 Å². The third kappa shape index (κ3) is 5.44. The number of hydrogen-bond acceptors (Lipinski definition) is 5. The predicted molar refractivity (Wildman–Crippen MR) is 83.9 cm³/mol. The van der Waals surface area contributed by atoms with Gasteiger partial charge in [0.15, 0.2) is 11.5 Å². The van der Waals surface area contributed by atoms with E-state index in [1.54, 1.807) is 33.5 Å². The average Bonchev–Trinajstić information content (AvgIpc) is 2.53. The van der Waals surface area contributed by atoms with Crippen LogP contribution in [-0.2, 0) is 16.0 Å². The summed E-state index contributed by atoms with van der Waals surface area (Å²) in [6.45, 7) is 3.90. The minimum atomic E-state index is -0.0502. The van der Waals surface area contributed by atoms with Crippen LogP contribution in [0.3, 0.4) is 0 Å². The lowest BCUT2D eigenvalue weighted by molar-refractivity contribution is -0.120. The summed E-state index contributed by atoms with van der Waals surface area (Å²) < 4.78 is 21.0. The summed E-state index contributed by atoms with van der Waals surface area (Å²) in [6.07, 6.45) is 1.06. The van der Waals surface area contributed by atoms with E-state index in [4.69, 9.17) is 18.9 Å². The Kier molecular flexibility index (Phi) is 8.14. The van der Waals surface area contributed by atoms with Crippen molar-refractivity contribution < 1.29 is 23.7 Å². The lowest BCUT2D eigenvalue weighted by Crippen LogP contribution is -2.26. The number of carbonyl (C=O) groups excluding carboxylic acids is 1. The number of rotatable bonds is 10. The molecule has 124 valence electrons. The Balaban J connectivity index is 2.63. The van der Waals surface area contributed by atoms with Crippen molar-refractivity contribution in [2.45, 2.75) is 19.8 Å². The fraction of sp³-hybridized carbons (Fsp3) is 0.562. The van der Waals surface area contributed by atoms with E-state index in [9.17, 15) is 4.79 Å². The second-order valence-electron chi connectivity index (χ2n) is 4.61. The maximum atomic E-state index is 11.9. The highest BCUT2D eigenvalue weighted by atomic mass is 16.5. The first-order valence-corrected chi connectivity index (χ1v) is 7.29. The summed E-state index contributed by atoms with van der Waals surface area (Å²) in [5.41, 5.74) is 0.803. The molecular weight excluding hydrogens is 286 g/mol. The maximum absolute atomic E-state index is 11.9. The molecule has 1 N–H and O–H groups in total. The Hall–Kier alpha value is -1.95. The zero-order valence-corrected chi connectivity index (χ0v) is 13.7. The van der Waals surface area contributed by atoms with Crippen molar-refractivity contribution in [1.29, 1.82) is 0 Å². The summed E-state index contributed by atoms with van der Waals surface area (Å²) in [7, 11) is 4.65. The third-order valence-corrected chi connectivity index (χ3v) is 3.08. The standard InChI is InChI=1S/C16H25NO5/c1-5-22-8-6-7-17-15(18)11-12-9-13(19-2)16(21-4)14(10-12)20-3/h9-10H,5-8,11H2,1-4H3,(H,17,18). The van der Waals surface area contributed by atoms with Crippen LogP contribution in [0.2, 0.25) is 0 Å². The molecule has 6 nitrogen and oxygen atoms in total. The van der Waals surface area contributed by atoms with E-state index in [0.717, 1.165) is 12.0 Å². The normalized spacial score (nSPS) is 10.2. The van der Waals surface area contributed by atoms with Crippen LogP contribution in [0.1, 0.15) is 18.9 Å². The lowest BCUT2D eigenvalue weighted by Gasteiger charge is -2.14. The molecule has 0 spiro atoms. The Morgan fingerprint density at radius 3 is 2.23 bits per heavy atom. The predicted octanol–water partition coefficient (Wildman–Crippen LogP) is 1.80. The van der Waals surface area contributed by atoms with Crippen molar-refractivity contribution in [3.63, 3.8) is 0 Å². The highest BCUT2D eigenvalue weighted by molar-refractivity contribution is 5.79. The Labute approximate surface area is 131 Å². The van der Waals surface area contributed by atoms with E-state index < -0.39 is 0 Å². The third-order valence-electron chi connectivity index (χ3n) is 3.08. The topological polar surface area (TPSA) is 66.0 Å². The van der Waals surface area contributed by atoms with Crippen LogP contribution in [0.15, 0.2) is 12.1 Å². The zero-order chi connectivity index (χ0) is 16.4. The summed E-state index contributed by atoms with van der Waals surface area (Å²) in [4.78, 5) is 11.9. The van der Waals surface area contributed by atoms with Gasteiger partial charge in [-0.25, -0.2) is 0 Å². The van der Waals surface area contributed by atoms with Crippen molar-refractivity contribution in [1.82, 2.24) is 5.32 Å². The van der Waals surface area contributed by atoms with Crippen LogP contribution in [0.4, 0.5) is 0 Å². The van der Waals surface area contributed by atoms with Crippen LogP contribution in [0.25, 0.3) is 0 Å². The van der Waals surface area contributed by atoms with Crippen molar-refractivity contribution in [3.8, 4) is 17.2 Å².